The Labute approximate surface area is 125 Å². The van der Waals surface area contributed by atoms with Gasteiger partial charge in [0.25, 0.3) is 5.56 Å². The molecule has 0 aromatic carbocycles. The van der Waals surface area contributed by atoms with Crippen LogP contribution in [0.5, 0.6) is 0 Å². The SMILES string of the molecule is CCCn1nc2c(cc1=O)CN(C[C@@H]1CCCCO1)CC2. The molecular formula is C16H25N3O2. The second-order valence-electron chi connectivity index (χ2n) is 6.15. The standard InChI is InChI=1S/C16H25N3O2/c1-2-7-19-16(20)10-13-11-18(8-6-15(13)17-19)12-14-5-3-4-9-21-14/h10,14H,2-9,11-12H2,1H3/t14-/m0/s1. The van der Waals surface area contributed by atoms with E-state index >= 15 is 0 Å². The van der Waals surface area contributed by atoms with Crippen molar-refractivity contribution in [2.75, 3.05) is 19.7 Å². The van der Waals surface area contributed by atoms with Gasteiger partial charge in [0.2, 0.25) is 0 Å². The van der Waals surface area contributed by atoms with Gasteiger partial charge in [-0.1, -0.05) is 6.92 Å². The van der Waals surface area contributed by atoms with Gasteiger partial charge < -0.3 is 4.74 Å². The Morgan fingerprint density at radius 3 is 3.10 bits per heavy atom. The first-order valence-electron chi connectivity index (χ1n) is 8.20. The van der Waals surface area contributed by atoms with Crippen molar-refractivity contribution >= 4 is 0 Å². The van der Waals surface area contributed by atoms with Gasteiger partial charge in [-0.3, -0.25) is 9.69 Å². The van der Waals surface area contributed by atoms with E-state index < -0.39 is 0 Å². The third-order valence-corrected chi connectivity index (χ3v) is 4.39. The monoisotopic (exact) mass is 291 g/mol. The summed E-state index contributed by atoms with van der Waals surface area (Å²) in [6, 6.07) is 1.78. The van der Waals surface area contributed by atoms with Crippen LogP contribution in [0.15, 0.2) is 10.9 Å². The van der Waals surface area contributed by atoms with Gasteiger partial charge in [-0.2, -0.15) is 5.10 Å². The van der Waals surface area contributed by atoms with Crippen LogP contribution in [0, 0.1) is 0 Å². The Morgan fingerprint density at radius 2 is 2.33 bits per heavy atom. The minimum absolute atomic E-state index is 0.0337. The maximum atomic E-state index is 12.0. The zero-order valence-corrected chi connectivity index (χ0v) is 12.9. The smallest absolute Gasteiger partial charge is 0.267 e. The number of ether oxygens (including phenoxy) is 1. The molecule has 1 aromatic rings. The van der Waals surface area contributed by atoms with Gasteiger partial charge in [0.05, 0.1) is 11.8 Å². The normalized spacial score (nSPS) is 23.0. The third-order valence-electron chi connectivity index (χ3n) is 4.39. The Morgan fingerprint density at radius 1 is 1.43 bits per heavy atom. The van der Waals surface area contributed by atoms with Gasteiger partial charge in [-0.15, -0.1) is 0 Å². The molecule has 1 aromatic heterocycles. The Bertz CT molecular complexity index is 535. The number of nitrogens with zero attached hydrogens (tertiary/aromatic N) is 3. The van der Waals surface area contributed by atoms with Crippen LogP contribution in [-0.2, 0) is 24.2 Å². The van der Waals surface area contributed by atoms with Crippen molar-refractivity contribution in [3.05, 3.63) is 27.7 Å². The predicted octanol–water partition coefficient (Wildman–Crippen LogP) is 1.58. The van der Waals surface area contributed by atoms with Crippen LogP contribution in [0.25, 0.3) is 0 Å². The number of aryl methyl sites for hydroxylation is 1. The molecule has 1 atom stereocenters. The van der Waals surface area contributed by atoms with Crippen LogP contribution in [-0.4, -0.2) is 40.5 Å². The fourth-order valence-corrected chi connectivity index (χ4v) is 3.26. The van der Waals surface area contributed by atoms with Crippen LogP contribution in [0.3, 0.4) is 0 Å². The number of rotatable bonds is 4. The van der Waals surface area contributed by atoms with Gasteiger partial charge in [-0.25, -0.2) is 4.68 Å². The highest BCUT2D eigenvalue weighted by molar-refractivity contribution is 5.20. The highest BCUT2D eigenvalue weighted by Crippen LogP contribution is 2.19. The summed E-state index contributed by atoms with van der Waals surface area (Å²) in [5.41, 5.74) is 2.24. The first kappa shape index (κ1) is 14.7. The lowest BCUT2D eigenvalue weighted by atomic mass is 10.0. The van der Waals surface area contributed by atoms with Crippen molar-refractivity contribution in [2.24, 2.45) is 0 Å². The van der Waals surface area contributed by atoms with Crippen LogP contribution in [0.1, 0.15) is 43.9 Å². The van der Waals surface area contributed by atoms with E-state index in [1.54, 1.807) is 10.7 Å². The minimum Gasteiger partial charge on any atom is -0.377 e. The van der Waals surface area contributed by atoms with Crippen LogP contribution in [0.4, 0.5) is 0 Å². The molecule has 3 rings (SSSR count). The van der Waals surface area contributed by atoms with E-state index in [1.165, 1.54) is 19.3 Å². The molecule has 0 spiro atoms. The summed E-state index contributed by atoms with van der Waals surface area (Å²) >= 11 is 0. The number of aromatic nitrogens is 2. The fourth-order valence-electron chi connectivity index (χ4n) is 3.26. The molecule has 5 heteroatoms. The number of hydrogen-bond acceptors (Lipinski definition) is 4. The molecule has 0 radical (unpaired) electrons. The second-order valence-corrected chi connectivity index (χ2v) is 6.15. The Hall–Kier alpha value is -1.20. The summed E-state index contributed by atoms with van der Waals surface area (Å²) < 4.78 is 7.43. The highest BCUT2D eigenvalue weighted by atomic mass is 16.5. The zero-order chi connectivity index (χ0) is 14.7. The molecule has 0 unspecified atom stereocenters. The second kappa shape index (κ2) is 6.71. The van der Waals surface area contributed by atoms with E-state index in [0.29, 0.717) is 12.6 Å². The molecule has 2 aliphatic heterocycles. The maximum Gasteiger partial charge on any atom is 0.267 e. The average molecular weight is 291 g/mol. The van der Waals surface area contributed by atoms with E-state index in [4.69, 9.17) is 4.74 Å². The van der Waals surface area contributed by atoms with E-state index in [2.05, 4.69) is 16.9 Å². The van der Waals surface area contributed by atoms with Crippen molar-refractivity contribution < 1.29 is 4.74 Å². The topological polar surface area (TPSA) is 47.4 Å². The molecule has 21 heavy (non-hydrogen) atoms. The quantitative estimate of drug-likeness (QED) is 0.845. The first-order valence-corrected chi connectivity index (χ1v) is 8.20. The summed E-state index contributed by atoms with van der Waals surface area (Å²) in [7, 11) is 0. The largest absolute Gasteiger partial charge is 0.377 e. The van der Waals surface area contributed by atoms with E-state index in [0.717, 1.165) is 50.3 Å². The van der Waals surface area contributed by atoms with Crippen molar-refractivity contribution in [3.8, 4) is 0 Å². The predicted molar refractivity (Wildman–Crippen MR) is 81.4 cm³/mol. The molecule has 5 nitrogen and oxygen atoms in total. The number of hydrogen-bond donors (Lipinski definition) is 0. The molecule has 116 valence electrons. The van der Waals surface area contributed by atoms with Gasteiger partial charge in [0, 0.05) is 45.3 Å². The molecule has 2 aliphatic rings. The van der Waals surface area contributed by atoms with Crippen molar-refractivity contribution in [1.82, 2.24) is 14.7 Å². The van der Waals surface area contributed by atoms with Crippen molar-refractivity contribution in [3.63, 3.8) is 0 Å². The van der Waals surface area contributed by atoms with E-state index in [1.807, 2.05) is 0 Å². The van der Waals surface area contributed by atoms with Gasteiger partial charge in [0.15, 0.2) is 0 Å². The molecule has 1 saturated heterocycles. The van der Waals surface area contributed by atoms with Crippen molar-refractivity contribution in [1.29, 1.82) is 0 Å². The average Bonchev–Trinajstić information content (AvgIpc) is 2.49. The molecule has 0 amide bonds. The summed E-state index contributed by atoms with van der Waals surface area (Å²) in [4.78, 5) is 14.4. The van der Waals surface area contributed by atoms with Crippen LogP contribution >= 0.6 is 0 Å². The summed E-state index contributed by atoms with van der Waals surface area (Å²) in [5, 5.41) is 4.53. The van der Waals surface area contributed by atoms with Gasteiger partial charge in [0.1, 0.15) is 0 Å². The maximum absolute atomic E-state index is 12.0. The number of fused-ring (bicyclic) bond motifs is 1. The lowest BCUT2D eigenvalue weighted by Gasteiger charge is -2.32. The Kier molecular flexibility index (Phi) is 4.70. The summed E-state index contributed by atoms with van der Waals surface area (Å²) in [6.07, 6.45) is 5.88. The summed E-state index contributed by atoms with van der Waals surface area (Å²) in [5.74, 6) is 0. The summed E-state index contributed by atoms with van der Waals surface area (Å²) in [6.45, 7) is 6.52. The molecule has 1 fully saturated rings. The fraction of sp³-hybridized carbons (Fsp3) is 0.750. The van der Waals surface area contributed by atoms with E-state index in [-0.39, 0.29) is 5.56 Å². The highest BCUT2D eigenvalue weighted by Gasteiger charge is 2.23. The Balaban J connectivity index is 1.67. The lowest BCUT2D eigenvalue weighted by molar-refractivity contribution is -0.00819. The van der Waals surface area contributed by atoms with Crippen LogP contribution in [0.2, 0.25) is 0 Å². The third kappa shape index (κ3) is 3.52. The first-order chi connectivity index (χ1) is 10.3. The van der Waals surface area contributed by atoms with Crippen molar-refractivity contribution in [2.45, 2.75) is 58.2 Å². The minimum atomic E-state index is 0.0337. The zero-order valence-electron chi connectivity index (χ0n) is 12.9. The van der Waals surface area contributed by atoms with Gasteiger partial charge >= 0.3 is 0 Å². The molecule has 0 saturated carbocycles. The molecular weight excluding hydrogens is 266 g/mol. The molecule has 0 bridgehead atoms. The molecule has 0 N–H and O–H groups in total. The lowest BCUT2D eigenvalue weighted by Crippen LogP contribution is -2.40. The van der Waals surface area contributed by atoms with Crippen LogP contribution < -0.4 is 5.56 Å². The van der Waals surface area contributed by atoms with E-state index in [9.17, 15) is 4.79 Å². The van der Waals surface area contributed by atoms with Gasteiger partial charge in [-0.05, 0) is 31.2 Å². The molecule has 3 heterocycles. The molecule has 0 aliphatic carbocycles.